The van der Waals surface area contributed by atoms with Crippen molar-refractivity contribution >= 4 is 32.8 Å². The number of hydrogen-bond acceptors (Lipinski definition) is 4. The highest BCUT2D eigenvalue weighted by Crippen LogP contribution is 2.29. The smallest absolute Gasteiger partial charge is 0.156 e. The van der Waals surface area contributed by atoms with Crippen molar-refractivity contribution in [2.45, 2.75) is 64.8 Å². The fraction of sp³-hybridized carbons (Fsp3) is 0.688. The maximum atomic E-state index is 4.88. The van der Waals surface area contributed by atoms with Crippen LogP contribution in [0.1, 0.15) is 64.5 Å². The van der Waals surface area contributed by atoms with Gasteiger partial charge in [-0.15, -0.1) is 5.10 Å². The molecule has 2 unspecified atom stereocenters. The van der Waals surface area contributed by atoms with Gasteiger partial charge in [-0.1, -0.05) is 54.3 Å². The number of pyridine rings is 1. The Morgan fingerprint density at radius 2 is 2.09 bits per heavy atom. The second kappa shape index (κ2) is 8.46. The number of hydrogen-bond donors (Lipinski definition) is 2. The fourth-order valence-corrected chi connectivity index (χ4v) is 2.86. The van der Waals surface area contributed by atoms with Gasteiger partial charge in [0.2, 0.25) is 0 Å². The molecule has 0 aliphatic carbocycles. The van der Waals surface area contributed by atoms with Gasteiger partial charge in [0.25, 0.3) is 0 Å². The van der Waals surface area contributed by atoms with Gasteiger partial charge in [-0.3, -0.25) is 5.10 Å². The molecule has 2 N–H and O–H groups in total. The largest absolute Gasteiger partial charge is 0.365 e. The number of aromatic nitrogens is 4. The van der Waals surface area contributed by atoms with Gasteiger partial charge in [0.15, 0.2) is 11.3 Å². The van der Waals surface area contributed by atoms with E-state index in [0.29, 0.717) is 12.0 Å². The molecule has 0 fully saturated rings. The number of aromatic amines is 1. The van der Waals surface area contributed by atoms with Crippen LogP contribution in [0.2, 0.25) is 0 Å². The summed E-state index contributed by atoms with van der Waals surface area (Å²) >= 11 is 3.50. The highest BCUT2D eigenvalue weighted by atomic mass is 79.9. The molecule has 0 saturated carbocycles. The Labute approximate surface area is 140 Å². The van der Waals surface area contributed by atoms with Gasteiger partial charge in [0.05, 0.1) is 5.52 Å². The average molecular weight is 368 g/mol. The van der Waals surface area contributed by atoms with E-state index < -0.39 is 0 Å². The lowest BCUT2D eigenvalue weighted by atomic mass is 9.93. The van der Waals surface area contributed by atoms with Crippen molar-refractivity contribution in [3.8, 4) is 0 Å². The van der Waals surface area contributed by atoms with Crippen LogP contribution in [0.15, 0.2) is 6.07 Å². The summed E-state index contributed by atoms with van der Waals surface area (Å²) in [5, 5.41) is 15.4. The number of nitrogens with one attached hydrogen (secondary N) is 2. The summed E-state index contributed by atoms with van der Waals surface area (Å²) in [6.07, 6.45) is 6.01. The third-order valence-corrected chi connectivity index (χ3v) is 4.88. The first-order chi connectivity index (χ1) is 10.7. The van der Waals surface area contributed by atoms with Crippen LogP contribution in [0.4, 0.5) is 5.82 Å². The van der Waals surface area contributed by atoms with Crippen molar-refractivity contribution in [3.05, 3.63) is 11.8 Å². The molecule has 5 nitrogen and oxygen atoms in total. The molecule has 0 spiro atoms. The number of H-pyrrole nitrogens is 1. The number of halogens is 1. The zero-order valence-electron chi connectivity index (χ0n) is 13.7. The molecule has 2 heterocycles. The van der Waals surface area contributed by atoms with Crippen LogP contribution in [-0.2, 0) is 0 Å². The van der Waals surface area contributed by atoms with Gasteiger partial charge >= 0.3 is 0 Å². The van der Waals surface area contributed by atoms with Crippen LogP contribution in [-0.4, -0.2) is 31.8 Å². The van der Waals surface area contributed by atoms with Gasteiger partial charge in [0.1, 0.15) is 0 Å². The Morgan fingerprint density at radius 3 is 2.77 bits per heavy atom. The Bertz CT molecular complexity index is 583. The van der Waals surface area contributed by atoms with E-state index in [4.69, 9.17) is 4.98 Å². The number of anilines is 1. The topological polar surface area (TPSA) is 66.5 Å². The lowest BCUT2D eigenvalue weighted by molar-refractivity contribution is 0.531. The lowest BCUT2D eigenvalue weighted by Gasteiger charge is -2.18. The van der Waals surface area contributed by atoms with E-state index in [1.165, 1.54) is 32.1 Å². The van der Waals surface area contributed by atoms with E-state index in [0.717, 1.165) is 27.9 Å². The average Bonchev–Trinajstić information content (AvgIpc) is 3.00. The molecule has 0 amide bonds. The van der Waals surface area contributed by atoms with E-state index in [1.807, 2.05) is 0 Å². The Hall–Kier alpha value is -1.17. The van der Waals surface area contributed by atoms with Gasteiger partial charge in [-0.2, -0.15) is 0 Å². The quantitative estimate of drug-likeness (QED) is 0.634. The third kappa shape index (κ3) is 4.18. The summed E-state index contributed by atoms with van der Waals surface area (Å²) in [6.45, 7) is 6.60. The van der Waals surface area contributed by atoms with Crippen LogP contribution in [0.3, 0.4) is 0 Å². The first-order valence-electron chi connectivity index (χ1n) is 8.23. The van der Waals surface area contributed by atoms with Crippen LogP contribution < -0.4 is 5.32 Å². The van der Waals surface area contributed by atoms with Crippen LogP contribution in [0.5, 0.6) is 0 Å². The molecule has 0 aromatic carbocycles. The van der Waals surface area contributed by atoms with Crippen molar-refractivity contribution in [1.29, 1.82) is 0 Å². The zero-order chi connectivity index (χ0) is 15.9. The summed E-state index contributed by atoms with van der Waals surface area (Å²) < 4.78 is 0. The van der Waals surface area contributed by atoms with E-state index in [9.17, 15) is 0 Å². The predicted molar refractivity (Wildman–Crippen MR) is 95.7 cm³/mol. The molecule has 0 bridgehead atoms. The Kier molecular flexibility index (Phi) is 6.61. The molecule has 0 aliphatic heterocycles. The second-order valence-electron chi connectivity index (χ2n) is 5.93. The summed E-state index contributed by atoms with van der Waals surface area (Å²) in [4.78, 5) is 4.88. The summed E-state index contributed by atoms with van der Waals surface area (Å²) in [5.41, 5.74) is 2.94. The van der Waals surface area contributed by atoms with Crippen molar-refractivity contribution in [1.82, 2.24) is 20.4 Å². The van der Waals surface area contributed by atoms with E-state index >= 15 is 0 Å². The van der Waals surface area contributed by atoms with E-state index in [2.05, 4.69) is 63.5 Å². The standard InChI is InChI=1S/C16H26BrN5/c1-4-6-8-12(7-5-2)13-9-14-15(21-22-20-14)16(19-13)18-11(3)10-17/h9,11-12H,4-8,10H2,1-3H3,(H,18,19)(H,20,21,22). The fourth-order valence-electron chi connectivity index (χ4n) is 2.69. The lowest BCUT2D eigenvalue weighted by Crippen LogP contribution is -2.18. The maximum absolute atomic E-state index is 4.88. The SMILES string of the molecule is CCCCC(CCC)c1cc2[nH]nnc2c(NC(C)CBr)n1. The first kappa shape index (κ1) is 17.2. The molecule has 2 aromatic rings. The molecular weight excluding hydrogens is 342 g/mol. The number of rotatable bonds is 9. The van der Waals surface area contributed by atoms with Gasteiger partial charge in [-0.25, -0.2) is 4.98 Å². The molecule has 2 aromatic heterocycles. The highest BCUT2D eigenvalue weighted by Gasteiger charge is 2.17. The van der Waals surface area contributed by atoms with Gasteiger partial charge in [-0.05, 0) is 25.8 Å². The predicted octanol–water partition coefficient (Wildman–Crippen LogP) is 4.62. The molecule has 0 aliphatic rings. The van der Waals surface area contributed by atoms with E-state index in [1.54, 1.807) is 0 Å². The van der Waals surface area contributed by atoms with Crippen molar-refractivity contribution in [2.24, 2.45) is 0 Å². The van der Waals surface area contributed by atoms with Crippen LogP contribution >= 0.6 is 15.9 Å². The maximum Gasteiger partial charge on any atom is 0.156 e. The van der Waals surface area contributed by atoms with E-state index in [-0.39, 0.29) is 0 Å². The molecule has 0 radical (unpaired) electrons. The highest BCUT2D eigenvalue weighted by molar-refractivity contribution is 9.09. The number of unbranched alkanes of at least 4 members (excludes halogenated alkanes) is 1. The van der Waals surface area contributed by atoms with Gasteiger partial charge in [0, 0.05) is 23.0 Å². The molecule has 0 saturated heterocycles. The van der Waals surface area contributed by atoms with Crippen LogP contribution in [0, 0.1) is 0 Å². The Balaban J connectivity index is 2.35. The van der Waals surface area contributed by atoms with Crippen molar-refractivity contribution < 1.29 is 0 Å². The summed E-state index contributed by atoms with van der Waals surface area (Å²) in [7, 11) is 0. The molecule has 22 heavy (non-hydrogen) atoms. The number of nitrogens with zero attached hydrogens (tertiary/aromatic N) is 3. The number of fused-ring (bicyclic) bond motifs is 1. The molecular formula is C16H26BrN5. The Morgan fingerprint density at radius 1 is 1.27 bits per heavy atom. The molecule has 6 heteroatoms. The minimum Gasteiger partial charge on any atom is -0.365 e. The van der Waals surface area contributed by atoms with Crippen LogP contribution in [0.25, 0.3) is 11.0 Å². The van der Waals surface area contributed by atoms with Crippen molar-refractivity contribution in [3.63, 3.8) is 0 Å². The number of alkyl halides is 1. The third-order valence-electron chi connectivity index (χ3n) is 3.91. The molecule has 122 valence electrons. The minimum atomic E-state index is 0.294. The van der Waals surface area contributed by atoms with Gasteiger partial charge < -0.3 is 5.32 Å². The first-order valence-corrected chi connectivity index (χ1v) is 9.35. The second-order valence-corrected chi connectivity index (χ2v) is 6.58. The normalized spacial score (nSPS) is 14.2. The molecule has 2 atom stereocenters. The molecule has 2 rings (SSSR count). The zero-order valence-corrected chi connectivity index (χ0v) is 15.3. The summed E-state index contributed by atoms with van der Waals surface area (Å²) in [5.74, 6) is 1.35. The monoisotopic (exact) mass is 367 g/mol. The van der Waals surface area contributed by atoms with Crippen molar-refractivity contribution in [2.75, 3.05) is 10.6 Å². The minimum absolute atomic E-state index is 0.294. The summed E-state index contributed by atoms with van der Waals surface area (Å²) in [6, 6.07) is 2.41.